The van der Waals surface area contributed by atoms with E-state index in [1.54, 1.807) is 12.1 Å². The normalized spacial score (nSPS) is 10.5. The molecule has 0 radical (unpaired) electrons. The van der Waals surface area contributed by atoms with Crippen LogP contribution in [-0.2, 0) is 0 Å². The number of nitrogens with zero attached hydrogens (tertiary/aromatic N) is 2. The lowest BCUT2D eigenvalue weighted by Crippen LogP contribution is -2.26. The van der Waals surface area contributed by atoms with Crippen molar-refractivity contribution in [2.45, 2.75) is 52.4 Å². The van der Waals surface area contributed by atoms with Crippen LogP contribution < -0.4 is 4.90 Å². The third-order valence-corrected chi connectivity index (χ3v) is 3.48. The highest BCUT2D eigenvalue weighted by atomic mass is 16.6. The molecule has 4 heteroatoms. The third kappa shape index (κ3) is 5.19. The summed E-state index contributed by atoms with van der Waals surface area (Å²) in [6.07, 6.45) is 6.86. The molecule has 1 rings (SSSR count). The Morgan fingerprint density at radius 3 is 2.05 bits per heavy atom. The highest BCUT2D eigenvalue weighted by Gasteiger charge is 2.17. The zero-order chi connectivity index (χ0) is 14.8. The van der Waals surface area contributed by atoms with Gasteiger partial charge in [0.25, 0.3) is 5.69 Å². The number of unbranched alkanes of at least 4 members (excludes halogenated alkanes) is 4. The predicted molar refractivity (Wildman–Crippen MR) is 84.4 cm³/mol. The Morgan fingerprint density at radius 2 is 1.55 bits per heavy atom. The minimum Gasteiger partial charge on any atom is -0.366 e. The van der Waals surface area contributed by atoms with Crippen LogP contribution in [0.4, 0.5) is 11.4 Å². The van der Waals surface area contributed by atoms with Gasteiger partial charge in [0.2, 0.25) is 0 Å². The minimum atomic E-state index is -0.276. The maximum atomic E-state index is 11.2. The number of hydrogen-bond acceptors (Lipinski definition) is 3. The fourth-order valence-electron chi connectivity index (χ4n) is 2.34. The summed E-state index contributed by atoms with van der Waals surface area (Å²) >= 11 is 0. The molecule has 20 heavy (non-hydrogen) atoms. The molecule has 1 aromatic rings. The highest BCUT2D eigenvalue weighted by molar-refractivity contribution is 5.63. The zero-order valence-electron chi connectivity index (χ0n) is 12.7. The fraction of sp³-hybridized carbons (Fsp3) is 0.625. The van der Waals surface area contributed by atoms with Crippen molar-refractivity contribution in [2.75, 3.05) is 18.0 Å². The van der Waals surface area contributed by atoms with Gasteiger partial charge in [-0.05, 0) is 18.9 Å². The number of hydrogen-bond donors (Lipinski definition) is 0. The van der Waals surface area contributed by atoms with E-state index >= 15 is 0 Å². The fourth-order valence-corrected chi connectivity index (χ4v) is 2.34. The van der Waals surface area contributed by atoms with Crippen molar-refractivity contribution in [2.24, 2.45) is 0 Å². The summed E-state index contributed by atoms with van der Waals surface area (Å²) in [6.45, 7) is 6.16. The molecule has 0 unspecified atom stereocenters. The van der Waals surface area contributed by atoms with E-state index in [9.17, 15) is 10.1 Å². The van der Waals surface area contributed by atoms with Crippen LogP contribution >= 0.6 is 0 Å². The monoisotopic (exact) mass is 278 g/mol. The van der Waals surface area contributed by atoms with Gasteiger partial charge in [-0.3, -0.25) is 10.1 Å². The topological polar surface area (TPSA) is 46.4 Å². The Morgan fingerprint density at radius 1 is 1.00 bits per heavy atom. The van der Waals surface area contributed by atoms with Gasteiger partial charge < -0.3 is 4.90 Å². The van der Waals surface area contributed by atoms with Crippen LogP contribution in [0.15, 0.2) is 24.3 Å². The van der Waals surface area contributed by atoms with E-state index in [2.05, 4.69) is 18.7 Å². The number of nitro benzene ring substituents is 1. The van der Waals surface area contributed by atoms with Gasteiger partial charge in [-0.1, -0.05) is 51.7 Å². The number of anilines is 1. The Labute approximate surface area is 121 Å². The van der Waals surface area contributed by atoms with Crippen LogP contribution in [0.25, 0.3) is 0 Å². The van der Waals surface area contributed by atoms with Crippen molar-refractivity contribution < 1.29 is 4.92 Å². The second-order valence-corrected chi connectivity index (χ2v) is 5.15. The molecule has 0 aliphatic heterocycles. The summed E-state index contributed by atoms with van der Waals surface area (Å²) in [7, 11) is 0. The molecule has 0 amide bonds. The smallest absolute Gasteiger partial charge is 0.292 e. The summed E-state index contributed by atoms with van der Waals surface area (Å²) in [4.78, 5) is 13.1. The average Bonchev–Trinajstić information content (AvgIpc) is 2.46. The predicted octanol–water partition coefficient (Wildman–Crippen LogP) is 4.78. The molecule has 4 nitrogen and oxygen atoms in total. The zero-order valence-corrected chi connectivity index (χ0v) is 12.7. The van der Waals surface area contributed by atoms with Crippen LogP contribution in [0.5, 0.6) is 0 Å². The van der Waals surface area contributed by atoms with E-state index in [1.807, 2.05) is 12.1 Å². The minimum absolute atomic E-state index is 0.223. The second kappa shape index (κ2) is 9.34. The molecular weight excluding hydrogens is 252 g/mol. The first-order valence-corrected chi connectivity index (χ1v) is 7.69. The molecule has 0 aliphatic carbocycles. The van der Waals surface area contributed by atoms with Gasteiger partial charge in [-0.25, -0.2) is 0 Å². The molecule has 0 saturated heterocycles. The van der Waals surface area contributed by atoms with Crippen LogP contribution in [0.3, 0.4) is 0 Å². The molecule has 0 spiro atoms. The quantitative estimate of drug-likeness (QED) is 0.351. The Bertz CT molecular complexity index is 397. The standard InChI is InChI=1S/C16H26N2O2/c1-3-5-9-13-17(14-10-6-4-2)15-11-7-8-12-16(15)18(19)20/h7-8,11-12H,3-6,9-10,13-14H2,1-2H3. The molecule has 0 N–H and O–H groups in total. The first-order valence-electron chi connectivity index (χ1n) is 7.69. The molecule has 0 aromatic heterocycles. The van der Waals surface area contributed by atoms with Crippen molar-refractivity contribution in [3.8, 4) is 0 Å². The molecule has 112 valence electrons. The SMILES string of the molecule is CCCCCN(CCCCC)c1ccccc1[N+](=O)[O-]. The largest absolute Gasteiger partial charge is 0.366 e. The molecule has 0 heterocycles. The van der Waals surface area contributed by atoms with Crippen molar-refractivity contribution in [1.82, 2.24) is 0 Å². The summed E-state index contributed by atoms with van der Waals surface area (Å²) in [5, 5.41) is 11.2. The van der Waals surface area contributed by atoms with Crippen molar-refractivity contribution in [3.05, 3.63) is 34.4 Å². The number of rotatable bonds is 10. The van der Waals surface area contributed by atoms with Crippen molar-refractivity contribution in [1.29, 1.82) is 0 Å². The van der Waals surface area contributed by atoms with Gasteiger partial charge in [0.05, 0.1) is 4.92 Å². The molecule has 0 fully saturated rings. The van der Waals surface area contributed by atoms with E-state index in [-0.39, 0.29) is 10.6 Å². The van der Waals surface area contributed by atoms with Crippen LogP contribution in [-0.4, -0.2) is 18.0 Å². The van der Waals surface area contributed by atoms with Crippen molar-refractivity contribution >= 4 is 11.4 Å². The third-order valence-electron chi connectivity index (χ3n) is 3.48. The van der Waals surface area contributed by atoms with Crippen LogP contribution in [0.1, 0.15) is 52.4 Å². The maximum Gasteiger partial charge on any atom is 0.292 e. The van der Waals surface area contributed by atoms with E-state index in [1.165, 1.54) is 25.7 Å². The van der Waals surface area contributed by atoms with Crippen molar-refractivity contribution in [3.63, 3.8) is 0 Å². The van der Waals surface area contributed by atoms with Gasteiger partial charge in [0.15, 0.2) is 0 Å². The number of para-hydroxylation sites is 2. The van der Waals surface area contributed by atoms with E-state index in [0.29, 0.717) is 0 Å². The summed E-state index contributed by atoms with van der Waals surface area (Å²) in [5.41, 5.74) is 0.991. The van der Waals surface area contributed by atoms with E-state index in [0.717, 1.165) is 31.6 Å². The van der Waals surface area contributed by atoms with Crippen LogP contribution in [0, 0.1) is 10.1 Å². The lowest BCUT2D eigenvalue weighted by Gasteiger charge is -2.24. The second-order valence-electron chi connectivity index (χ2n) is 5.15. The molecule has 0 aliphatic rings. The maximum absolute atomic E-state index is 11.2. The first-order chi connectivity index (χ1) is 9.70. The Kier molecular flexibility index (Phi) is 7.70. The molecular formula is C16H26N2O2. The van der Waals surface area contributed by atoms with E-state index in [4.69, 9.17) is 0 Å². The summed E-state index contributed by atoms with van der Waals surface area (Å²) in [6, 6.07) is 7.09. The Balaban J connectivity index is 2.81. The highest BCUT2D eigenvalue weighted by Crippen LogP contribution is 2.28. The molecule has 0 saturated carbocycles. The van der Waals surface area contributed by atoms with Gasteiger partial charge >= 0.3 is 0 Å². The lowest BCUT2D eigenvalue weighted by molar-refractivity contribution is -0.384. The number of benzene rings is 1. The molecule has 0 atom stereocenters. The lowest BCUT2D eigenvalue weighted by atomic mass is 10.1. The Hall–Kier alpha value is -1.58. The summed E-state index contributed by atoms with van der Waals surface area (Å²) in [5.74, 6) is 0. The summed E-state index contributed by atoms with van der Waals surface area (Å²) < 4.78 is 0. The van der Waals surface area contributed by atoms with Gasteiger partial charge in [0, 0.05) is 19.2 Å². The number of nitro groups is 1. The molecule has 1 aromatic carbocycles. The van der Waals surface area contributed by atoms with E-state index < -0.39 is 0 Å². The average molecular weight is 278 g/mol. The van der Waals surface area contributed by atoms with Crippen LogP contribution in [0.2, 0.25) is 0 Å². The van der Waals surface area contributed by atoms with Gasteiger partial charge in [-0.15, -0.1) is 0 Å². The first kappa shape index (κ1) is 16.5. The van der Waals surface area contributed by atoms with Gasteiger partial charge in [-0.2, -0.15) is 0 Å². The van der Waals surface area contributed by atoms with Gasteiger partial charge in [0.1, 0.15) is 5.69 Å². The molecule has 0 bridgehead atoms.